The van der Waals surface area contributed by atoms with Gasteiger partial charge in [0.1, 0.15) is 5.60 Å². The van der Waals surface area contributed by atoms with Gasteiger partial charge in [0.2, 0.25) is 5.91 Å². The summed E-state index contributed by atoms with van der Waals surface area (Å²) in [4.78, 5) is 31.3. The van der Waals surface area contributed by atoms with Gasteiger partial charge in [0.25, 0.3) is 0 Å². The van der Waals surface area contributed by atoms with Crippen molar-refractivity contribution in [3.05, 3.63) is 24.0 Å². The number of nitrogens with one attached hydrogen (secondary N) is 1. The van der Waals surface area contributed by atoms with E-state index in [4.69, 9.17) is 4.74 Å². The van der Waals surface area contributed by atoms with Gasteiger partial charge < -0.3 is 15.0 Å². The fourth-order valence-corrected chi connectivity index (χ4v) is 4.39. The Morgan fingerprint density at radius 2 is 1.83 bits per heavy atom. The van der Waals surface area contributed by atoms with Crippen LogP contribution >= 0.6 is 0 Å². The molecule has 0 aromatic carbocycles. The van der Waals surface area contributed by atoms with E-state index in [-0.39, 0.29) is 29.8 Å². The van der Waals surface area contributed by atoms with Crippen LogP contribution in [0.3, 0.4) is 0 Å². The number of likely N-dealkylation sites (tertiary alicyclic amines) is 1. The minimum atomic E-state index is -0.624. The average Bonchev–Trinajstić information content (AvgIpc) is 2.95. The lowest BCUT2D eigenvalue weighted by Crippen LogP contribution is -2.44. The summed E-state index contributed by atoms with van der Waals surface area (Å²) in [5, 5.41) is 8.72. The zero-order valence-electron chi connectivity index (χ0n) is 17.9. The Morgan fingerprint density at radius 3 is 2.45 bits per heavy atom. The summed E-state index contributed by atoms with van der Waals surface area (Å²) < 4.78 is 7.18. The van der Waals surface area contributed by atoms with Crippen molar-refractivity contribution >= 4 is 23.0 Å². The van der Waals surface area contributed by atoms with E-state index in [1.165, 1.54) is 0 Å². The Balaban J connectivity index is 1.41. The number of carbonyl (C=O) groups is 2. The molecule has 2 aromatic heterocycles. The van der Waals surface area contributed by atoms with Gasteiger partial charge in [-0.15, -0.1) is 0 Å². The Labute approximate surface area is 170 Å². The lowest BCUT2D eigenvalue weighted by molar-refractivity contribution is -0.125. The number of carbonyl (C=O) groups excluding carboxylic acids is 2. The molecule has 0 spiro atoms. The van der Waals surface area contributed by atoms with Crippen molar-refractivity contribution < 1.29 is 14.3 Å². The van der Waals surface area contributed by atoms with E-state index in [1.807, 2.05) is 53.8 Å². The molecule has 0 bridgehead atoms. The molecule has 8 nitrogen and oxygen atoms in total. The zero-order chi connectivity index (χ0) is 21.1. The van der Waals surface area contributed by atoms with Crippen molar-refractivity contribution in [1.82, 2.24) is 25.0 Å². The quantitative estimate of drug-likeness (QED) is 0.856. The van der Waals surface area contributed by atoms with Gasteiger partial charge in [-0.05, 0) is 58.6 Å². The standard InChI is InChI=1S/C21H29N5O3/c1-20(2,3)29-19(28)26-10-13-14(11-26)15(13)18(27)23-21(4,5)16-12-8-7-9-22-17(12)25(6)24-16/h7-9,13-15H,10-11H2,1-6H3,(H,23,27)/t13-,14+,15?. The summed E-state index contributed by atoms with van der Waals surface area (Å²) in [6.07, 6.45) is 1.44. The van der Waals surface area contributed by atoms with Gasteiger partial charge >= 0.3 is 6.09 Å². The third-order valence-corrected chi connectivity index (χ3v) is 5.77. The first kappa shape index (κ1) is 19.7. The van der Waals surface area contributed by atoms with Gasteiger partial charge in [-0.3, -0.25) is 9.48 Å². The van der Waals surface area contributed by atoms with Gasteiger partial charge in [-0.25, -0.2) is 9.78 Å². The molecule has 4 rings (SSSR count). The normalized spacial score (nSPS) is 23.8. The van der Waals surface area contributed by atoms with Crippen LogP contribution in [-0.4, -0.2) is 50.4 Å². The number of hydrogen-bond acceptors (Lipinski definition) is 5. The molecule has 1 aliphatic carbocycles. The van der Waals surface area contributed by atoms with Crippen molar-refractivity contribution in [2.45, 2.75) is 45.8 Å². The number of hydrogen-bond donors (Lipinski definition) is 1. The Morgan fingerprint density at radius 1 is 1.17 bits per heavy atom. The third kappa shape index (κ3) is 3.56. The third-order valence-electron chi connectivity index (χ3n) is 5.77. The van der Waals surface area contributed by atoms with Crippen molar-refractivity contribution in [3.8, 4) is 0 Å². The molecule has 1 aliphatic heterocycles. The lowest BCUT2D eigenvalue weighted by atomic mass is 9.97. The van der Waals surface area contributed by atoms with Crippen molar-refractivity contribution in [2.24, 2.45) is 24.8 Å². The maximum atomic E-state index is 13.0. The topological polar surface area (TPSA) is 89.4 Å². The number of ether oxygens (including phenoxy) is 1. The summed E-state index contributed by atoms with van der Waals surface area (Å²) in [6.45, 7) is 10.7. The second kappa shape index (κ2) is 6.43. The molecule has 2 aliphatic rings. The van der Waals surface area contributed by atoms with Gasteiger partial charge in [0, 0.05) is 37.6 Å². The Bertz CT molecular complexity index is 962. The number of pyridine rings is 1. The van der Waals surface area contributed by atoms with Crippen LogP contribution in [0.5, 0.6) is 0 Å². The molecule has 8 heteroatoms. The highest BCUT2D eigenvalue weighted by molar-refractivity contribution is 5.85. The van der Waals surface area contributed by atoms with Crippen molar-refractivity contribution in [2.75, 3.05) is 13.1 Å². The van der Waals surface area contributed by atoms with Crippen LogP contribution < -0.4 is 5.32 Å². The van der Waals surface area contributed by atoms with Crippen LogP contribution in [0, 0.1) is 17.8 Å². The number of amides is 2. The van der Waals surface area contributed by atoms with Gasteiger partial charge in [0.15, 0.2) is 5.65 Å². The van der Waals surface area contributed by atoms with E-state index in [2.05, 4.69) is 15.4 Å². The monoisotopic (exact) mass is 399 g/mol. The zero-order valence-corrected chi connectivity index (χ0v) is 17.9. The van der Waals surface area contributed by atoms with E-state index in [9.17, 15) is 9.59 Å². The van der Waals surface area contributed by atoms with Crippen LogP contribution in [0.1, 0.15) is 40.3 Å². The minimum Gasteiger partial charge on any atom is -0.444 e. The van der Waals surface area contributed by atoms with Gasteiger partial charge in [0.05, 0.1) is 11.2 Å². The predicted octanol–water partition coefficient (Wildman–Crippen LogP) is 2.43. The number of fused-ring (bicyclic) bond motifs is 2. The molecule has 3 heterocycles. The summed E-state index contributed by atoms with van der Waals surface area (Å²) in [7, 11) is 1.85. The highest BCUT2D eigenvalue weighted by Gasteiger charge is 2.61. The molecular formula is C21H29N5O3. The summed E-state index contributed by atoms with van der Waals surface area (Å²) in [5.74, 6) is 0.388. The fraction of sp³-hybridized carbons (Fsp3) is 0.619. The van der Waals surface area contributed by atoms with Crippen molar-refractivity contribution in [1.29, 1.82) is 0 Å². The molecule has 2 fully saturated rings. The minimum absolute atomic E-state index is 0.0246. The first-order valence-corrected chi connectivity index (χ1v) is 10.1. The molecule has 0 radical (unpaired) electrons. The van der Waals surface area contributed by atoms with Crippen LogP contribution in [0.4, 0.5) is 4.79 Å². The van der Waals surface area contributed by atoms with E-state index in [0.717, 1.165) is 16.7 Å². The Kier molecular flexibility index (Phi) is 4.36. The molecule has 1 saturated carbocycles. The molecule has 1 saturated heterocycles. The highest BCUT2D eigenvalue weighted by Crippen LogP contribution is 2.52. The van der Waals surface area contributed by atoms with E-state index < -0.39 is 11.1 Å². The first-order chi connectivity index (χ1) is 13.5. The largest absolute Gasteiger partial charge is 0.444 e. The van der Waals surface area contributed by atoms with Crippen LogP contribution in [0.25, 0.3) is 11.0 Å². The maximum absolute atomic E-state index is 13.0. The van der Waals surface area contributed by atoms with E-state index in [1.54, 1.807) is 15.8 Å². The molecule has 1 N–H and O–H groups in total. The van der Waals surface area contributed by atoms with Crippen LogP contribution in [-0.2, 0) is 22.1 Å². The number of piperidine rings is 1. The number of aromatic nitrogens is 3. The average molecular weight is 399 g/mol. The predicted molar refractivity (Wildman–Crippen MR) is 108 cm³/mol. The molecule has 29 heavy (non-hydrogen) atoms. The second-order valence-electron chi connectivity index (χ2n) is 9.70. The molecule has 156 valence electrons. The SMILES string of the molecule is Cn1nc(C(C)(C)NC(=O)C2[C@H]3CN(C(=O)OC(C)(C)C)C[C@@H]23)c2cccnc21. The fourth-order valence-electron chi connectivity index (χ4n) is 4.39. The molecular weight excluding hydrogens is 370 g/mol. The smallest absolute Gasteiger partial charge is 0.410 e. The van der Waals surface area contributed by atoms with Gasteiger partial charge in [-0.2, -0.15) is 5.10 Å². The number of rotatable bonds is 3. The molecule has 2 aromatic rings. The lowest BCUT2D eigenvalue weighted by Gasteiger charge is -2.27. The first-order valence-electron chi connectivity index (χ1n) is 10.1. The summed E-state index contributed by atoms with van der Waals surface area (Å²) in [5.41, 5.74) is 0.463. The molecule has 2 amide bonds. The number of aryl methyl sites for hydroxylation is 1. The van der Waals surface area contributed by atoms with E-state index in [0.29, 0.717) is 13.1 Å². The van der Waals surface area contributed by atoms with E-state index >= 15 is 0 Å². The molecule has 3 atom stereocenters. The van der Waals surface area contributed by atoms with Crippen LogP contribution in [0.2, 0.25) is 0 Å². The maximum Gasteiger partial charge on any atom is 0.410 e. The molecule has 1 unspecified atom stereocenters. The Hall–Kier alpha value is -2.64. The number of nitrogens with zero attached hydrogens (tertiary/aromatic N) is 4. The van der Waals surface area contributed by atoms with Crippen LogP contribution in [0.15, 0.2) is 18.3 Å². The van der Waals surface area contributed by atoms with Gasteiger partial charge in [-0.1, -0.05) is 0 Å². The second-order valence-corrected chi connectivity index (χ2v) is 9.70. The summed E-state index contributed by atoms with van der Waals surface area (Å²) in [6, 6.07) is 3.85. The summed E-state index contributed by atoms with van der Waals surface area (Å²) >= 11 is 0. The highest BCUT2D eigenvalue weighted by atomic mass is 16.6. The van der Waals surface area contributed by atoms with Crippen molar-refractivity contribution in [3.63, 3.8) is 0 Å².